The number of carbonyl (C=O) groups is 1. The van der Waals surface area contributed by atoms with Crippen molar-refractivity contribution in [3.63, 3.8) is 0 Å². The van der Waals surface area contributed by atoms with Crippen molar-refractivity contribution in [1.29, 1.82) is 0 Å². The van der Waals surface area contributed by atoms with Crippen molar-refractivity contribution in [3.8, 4) is 5.75 Å². The molecule has 4 nitrogen and oxygen atoms in total. The van der Waals surface area contributed by atoms with Crippen LogP contribution < -0.4 is 10.1 Å². The first-order valence-electron chi connectivity index (χ1n) is 6.59. The van der Waals surface area contributed by atoms with E-state index in [1.807, 2.05) is 45.0 Å². The molecule has 1 aromatic carbocycles. The van der Waals surface area contributed by atoms with Gasteiger partial charge in [0.15, 0.2) is 0 Å². The summed E-state index contributed by atoms with van der Waals surface area (Å²) >= 11 is 0. The monoisotopic (exact) mass is 265 g/mol. The highest BCUT2D eigenvalue weighted by molar-refractivity contribution is 5.75. The van der Waals surface area contributed by atoms with E-state index in [2.05, 4.69) is 12.2 Å². The second kappa shape index (κ2) is 7.02. The van der Waals surface area contributed by atoms with Gasteiger partial charge in [0.05, 0.1) is 6.61 Å². The molecule has 0 aromatic heterocycles. The molecule has 19 heavy (non-hydrogen) atoms. The average molecular weight is 265 g/mol. The first kappa shape index (κ1) is 15.3. The predicted octanol–water partition coefficient (Wildman–Crippen LogP) is 3.23. The third-order valence-electron chi connectivity index (χ3n) is 2.18. The van der Waals surface area contributed by atoms with E-state index in [4.69, 9.17) is 9.47 Å². The lowest BCUT2D eigenvalue weighted by Gasteiger charge is -2.19. The predicted molar refractivity (Wildman–Crippen MR) is 76.6 cm³/mol. The van der Waals surface area contributed by atoms with Gasteiger partial charge in [-0.15, -0.1) is 0 Å². The number of anilines is 1. The van der Waals surface area contributed by atoms with Gasteiger partial charge in [0, 0.05) is 5.69 Å². The molecule has 0 aliphatic rings. The smallest absolute Gasteiger partial charge is 0.325 e. The van der Waals surface area contributed by atoms with E-state index in [1.165, 1.54) is 0 Å². The van der Waals surface area contributed by atoms with E-state index < -0.39 is 5.60 Å². The van der Waals surface area contributed by atoms with E-state index in [0.29, 0.717) is 6.61 Å². The molecule has 0 aliphatic heterocycles. The molecule has 0 heterocycles. The summed E-state index contributed by atoms with van der Waals surface area (Å²) in [6, 6.07) is 7.53. The third kappa shape index (κ3) is 6.70. The molecule has 4 heteroatoms. The summed E-state index contributed by atoms with van der Waals surface area (Å²) in [5, 5.41) is 3.02. The Bertz CT molecular complexity index is 393. The van der Waals surface area contributed by atoms with Crippen molar-refractivity contribution in [2.75, 3.05) is 18.5 Å². The van der Waals surface area contributed by atoms with Gasteiger partial charge >= 0.3 is 5.97 Å². The summed E-state index contributed by atoms with van der Waals surface area (Å²) in [7, 11) is 0. The van der Waals surface area contributed by atoms with Gasteiger partial charge in [0.2, 0.25) is 0 Å². The Kier molecular flexibility index (Phi) is 5.67. The van der Waals surface area contributed by atoms with E-state index in [9.17, 15) is 4.79 Å². The second-order valence-corrected chi connectivity index (χ2v) is 5.31. The standard InChI is InChI=1S/C15H23NO3/c1-5-10-18-13-8-6-12(7-9-13)16-11-14(17)19-15(2,3)4/h6-9,16H,5,10-11H2,1-4H3. The Morgan fingerprint density at radius 2 is 1.84 bits per heavy atom. The zero-order valence-corrected chi connectivity index (χ0v) is 12.2. The van der Waals surface area contributed by atoms with E-state index in [1.54, 1.807) is 0 Å². The second-order valence-electron chi connectivity index (χ2n) is 5.31. The molecule has 1 aromatic rings. The number of esters is 1. The minimum Gasteiger partial charge on any atom is -0.494 e. The molecule has 0 fully saturated rings. The molecule has 0 saturated heterocycles. The van der Waals surface area contributed by atoms with E-state index >= 15 is 0 Å². The molecule has 1 N–H and O–H groups in total. The van der Waals surface area contributed by atoms with Crippen molar-refractivity contribution >= 4 is 11.7 Å². The van der Waals surface area contributed by atoms with Gasteiger partial charge in [-0.1, -0.05) is 6.92 Å². The molecule has 0 bridgehead atoms. The molecule has 0 aliphatic carbocycles. The zero-order chi connectivity index (χ0) is 14.3. The summed E-state index contributed by atoms with van der Waals surface area (Å²) in [5.41, 5.74) is 0.422. The highest BCUT2D eigenvalue weighted by Gasteiger charge is 2.15. The number of hydrogen-bond donors (Lipinski definition) is 1. The lowest BCUT2D eigenvalue weighted by atomic mass is 10.2. The van der Waals surface area contributed by atoms with Crippen LogP contribution in [0.25, 0.3) is 0 Å². The van der Waals surface area contributed by atoms with Crippen molar-refractivity contribution < 1.29 is 14.3 Å². The summed E-state index contributed by atoms with van der Waals surface area (Å²) < 4.78 is 10.7. The molecular weight excluding hydrogens is 242 g/mol. The molecular formula is C15H23NO3. The van der Waals surface area contributed by atoms with Gasteiger partial charge in [0.1, 0.15) is 17.9 Å². The van der Waals surface area contributed by atoms with Gasteiger partial charge in [-0.05, 0) is 51.5 Å². The molecule has 0 atom stereocenters. The fraction of sp³-hybridized carbons (Fsp3) is 0.533. The van der Waals surface area contributed by atoms with Crippen molar-refractivity contribution in [2.45, 2.75) is 39.7 Å². The van der Waals surface area contributed by atoms with Crippen molar-refractivity contribution in [2.24, 2.45) is 0 Å². The largest absolute Gasteiger partial charge is 0.494 e. The Labute approximate surface area is 115 Å². The van der Waals surface area contributed by atoms with Crippen LogP contribution in [0, 0.1) is 0 Å². The Morgan fingerprint density at radius 3 is 2.37 bits per heavy atom. The maximum atomic E-state index is 11.5. The number of hydrogen-bond acceptors (Lipinski definition) is 4. The van der Waals surface area contributed by atoms with Crippen molar-refractivity contribution in [3.05, 3.63) is 24.3 Å². The minimum atomic E-state index is -0.448. The average Bonchev–Trinajstić information content (AvgIpc) is 2.33. The highest BCUT2D eigenvalue weighted by atomic mass is 16.6. The summed E-state index contributed by atoms with van der Waals surface area (Å²) in [6.45, 7) is 8.49. The zero-order valence-electron chi connectivity index (χ0n) is 12.2. The van der Waals surface area contributed by atoms with Gasteiger partial charge in [-0.2, -0.15) is 0 Å². The maximum Gasteiger partial charge on any atom is 0.325 e. The molecule has 0 amide bonds. The topological polar surface area (TPSA) is 47.6 Å². The molecule has 0 spiro atoms. The lowest BCUT2D eigenvalue weighted by molar-refractivity contribution is -0.152. The number of carbonyl (C=O) groups excluding carboxylic acids is 1. The fourth-order valence-electron chi connectivity index (χ4n) is 1.44. The Hall–Kier alpha value is -1.71. The molecule has 0 radical (unpaired) electrons. The number of rotatable bonds is 6. The summed E-state index contributed by atoms with van der Waals surface area (Å²) in [6.07, 6.45) is 0.985. The SMILES string of the molecule is CCCOc1ccc(NCC(=O)OC(C)(C)C)cc1. The number of ether oxygens (including phenoxy) is 2. The normalized spacial score (nSPS) is 10.9. The van der Waals surface area contributed by atoms with Crippen LogP contribution in [0.2, 0.25) is 0 Å². The summed E-state index contributed by atoms with van der Waals surface area (Å²) in [5.74, 6) is 0.573. The maximum absolute atomic E-state index is 11.5. The summed E-state index contributed by atoms with van der Waals surface area (Å²) in [4.78, 5) is 11.5. The lowest BCUT2D eigenvalue weighted by Crippen LogP contribution is -2.28. The van der Waals surface area contributed by atoms with Crippen LogP contribution in [0.4, 0.5) is 5.69 Å². The van der Waals surface area contributed by atoms with Gasteiger partial charge in [0.25, 0.3) is 0 Å². The van der Waals surface area contributed by atoms with Gasteiger partial charge in [-0.25, -0.2) is 0 Å². The van der Waals surface area contributed by atoms with Crippen LogP contribution in [-0.2, 0) is 9.53 Å². The van der Waals surface area contributed by atoms with Gasteiger partial charge in [-0.3, -0.25) is 4.79 Å². The van der Waals surface area contributed by atoms with Gasteiger partial charge < -0.3 is 14.8 Å². The van der Waals surface area contributed by atoms with Crippen LogP contribution in [-0.4, -0.2) is 24.7 Å². The van der Waals surface area contributed by atoms with E-state index in [-0.39, 0.29) is 12.5 Å². The van der Waals surface area contributed by atoms with Crippen LogP contribution in [0.3, 0.4) is 0 Å². The van der Waals surface area contributed by atoms with Crippen molar-refractivity contribution in [1.82, 2.24) is 0 Å². The molecule has 1 rings (SSSR count). The Morgan fingerprint density at radius 1 is 1.21 bits per heavy atom. The van der Waals surface area contributed by atoms with E-state index in [0.717, 1.165) is 17.9 Å². The third-order valence-corrected chi connectivity index (χ3v) is 2.18. The number of benzene rings is 1. The Balaban J connectivity index is 2.39. The molecule has 0 unspecified atom stereocenters. The molecule has 0 saturated carbocycles. The number of nitrogens with one attached hydrogen (secondary N) is 1. The van der Waals surface area contributed by atoms with Crippen LogP contribution in [0.15, 0.2) is 24.3 Å². The first-order valence-corrected chi connectivity index (χ1v) is 6.59. The quantitative estimate of drug-likeness (QED) is 0.802. The highest BCUT2D eigenvalue weighted by Crippen LogP contribution is 2.16. The first-order chi connectivity index (χ1) is 8.90. The van der Waals surface area contributed by atoms with Crippen LogP contribution in [0.5, 0.6) is 5.75 Å². The van der Waals surface area contributed by atoms with Crippen LogP contribution in [0.1, 0.15) is 34.1 Å². The van der Waals surface area contributed by atoms with Crippen LogP contribution >= 0.6 is 0 Å². The fourth-order valence-corrected chi connectivity index (χ4v) is 1.44. The minimum absolute atomic E-state index is 0.159. The molecule has 106 valence electrons.